The summed E-state index contributed by atoms with van der Waals surface area (Å²) in [6.07, 6.45) is 3.59. The molecule has 0 aromatic heterocycles. The van der Waals surface area contributed by atoms with Crippen LogP contribution in [-0.4, -0.2) is 13.7 Å². The van der Waals surface area contributed by atoms with Gasteiger partial charge in [0.2, 0.25) is 0 Å². The second-order valence-corrected chi connectivity index (χ2v) is 5.24. The van der Waals surface area contributed by atoms with Crippen LogP contribution in [0.1, 0.15) is 57.2 Å². The van der Waals surface area contributed by atoms with E-state index in [4.69, 9.17) is 4.74 Å². The van der Waals surface area contributed by atoms with E-state index in [2.05, 4.69) is 51.2 Å². The van der Waals surface area contributed by atoms with Gasteiger partial charge in [0.1, 0.15) is 5.75 Å². The maximum Gasteiger partial charge on any atom is 0.121 e. The molecule has 1 aromatic rings. The first-order valence-electron chi connectivity index (χ1n) is 7.55. The Hall–Kier alpha value is -1.02. The Morgan fingerprint density at radius 2 is 1.84 bits per heavy atom. The van der Waals surface area contributed by atoms with E-state index in [1.165, 1.54) is 30.4 Å². The monoisotopic (exact) mass is 263 g/mol. The van der Waals surface area contributed by atoms with Crippen LogP contribution in [0.3, 0.4) is 0 Å². The Morgan fingerprint density at radius 3 is 2.32 bits per heavy atom. The van der Waals surface area contributed by atoms with Crippen molar-refractivity contribution in [2.45, 2.75) is 53.0 Å². The van der Waals surface area contributed by atoms with Crippen molar-refractivity contribution in [2.75, 3.05) is 13.7 Å². The van der Waals surface area contributed by atoms with Crippen molar-refractivity contribution in [2.24, 2.45) is 5.92 Å². The minimum atomic E-state index is 0.458. The van der Waals surface area contributed by atoms with E-state index in [9.17, 15) is 0 Å². The first kappa shape index (κ1) is 16.0. The van der Waals surface area contributed by atoms with Gasteiger partial charge in [0.15, 0.2) is 0 Å². The third kappa shape index (κ3) is 4.24. The molecule has 0 heterocycles. The molecule has 0 fully saturated rings. The fourth-order valence-corrected chi connectivity index (χ4v) is 2.71. The van der Waals surface area contributed by atoms with Crippen molar-refractivity contribution >= 4 is 0 Å². The van der Waals surface area contributed by atoms with Crippen LogP contribution >= 0.6 is 0 Å². The van der Waals surface area contributed by atoms with E-state index in [1.54, 1.807) is 7.11 Å². The standard InChI is InChI=1S/C17H29NO/c1-6-11-18-17(14(7-2)8-3)15-9-10-16(19-5)13(4)12-15/h9-10,12,14,17-18H,6-8,11H2,1-5H3. The highest BCUT2D eigenvalue weighted by atomic mass is 16.5. The molecule has 0 aliphatic heterocycles. The Kier molecular flexibility index (Phi) is 6.93. The average Bonchev–Trinajstić information content (AvgIpc) is 2.43. The molecule has 2 nitrogen and oxygen atoms in total. The van der Waals surface area contributed by atoms with Gasteiger partial charge in [-0.1, -0.05) is 45.7 Å². The van der Waals surface area contributed by atoms with Crippen molar-refractivity contribution in [3.05, 3.63) is 29.3 Å². The summed E-state index contributed by atoms with van der Waals surface area (Å²) in [6, 6.07) is 7.02. The predicted octanol–water partition coefficient (Wildman–Crippen LogP) is 4.48. The molecule has 1 aromatic carbocycles. The highest BCUT2D eigenvalue weighted by Gasteiger charge is 2.20. The molecule has 0 saturated carbocycles. The minimum Gasteiger partial charge on any atom is -0.496 e. The van der Waals surface area contributed by atoms with E-state index in [0.717, 1.165) is 12.3 Å². The lowest BCUT2D eigenvalue weighted by Crippen LogP contribution is -2.28. The Bertz CT molecular complexity index is 372. The number of hydrogen-bond acceptors (Lipinski definition) is 2. The van der Waals surface area contributed by atoms with Crippen LogP contribution in [-0.2, 0) is 0 Å². The molecule has 108 valence electrons. The van der Waals surface area contributed by atoms with Gasteiger partial charge in [-0.15, -0.1) is 0 Å². The summed E-state index contributed by atoms with van der Waals surface area (Å²) in [4.78, 5) is 0. The number of methoxy groups -OCH3 is 1. The number of ether oxygens (including phenoxy) is 1. The van der Waals surface area contributed by atoms with Gasteiger partial charge in [-0.3, -0.25) is 0 Å². The van der Waals surface area contributed by atoms with Gasteiger partial charge >= 0.3 is 0 Å². The fourth-order valence-electron chi connectivity index (χ4n) is 2.71. The summed E-state index contributed by atoms with van der Waals surface area (Å²) in [6.45, 7) is 9.98. The summed E-state index contributed by atoms with van der Waals surface area (Å²) < 4.78 is 5.35. The fraction of sp³-hybridized carbons (Fsp3) is 0.647. The van der Waals surface area contributed by atoms with Crippen LogP contribution in [0, 0.1) is 12.8 Å². The summed E-state index contributed by atoms with van der Waals surface area (Å²) in [5.74, 6) is 1.67. The largest absolute Gasteiger partial charge is 0.496 e. The average molecular weight is 263 g/mol. The molecule has 0 spiro atoms. The number of nitrogens with one attached hydrogen (secondary N) is 1. The molecule has 19 heavy (non-hydrogen) atoms. The highest BCUT2D eigenvalue weighted by Crippen LogP contribution is 2.30. The van der Waals surface area contributed by atoms with Gasteiger partial charge in [0, 0.05) is 6.04 Å². The summed E-state index contributed by atoms with van der Waals surface area (Å²) in [5.41, 5.74) is 2.61. The van der Waals surface area contributed by atoms with Gasteiger partial charge in [0.25, 0.3) is 0 Å². The van der Waals surface area contributed by atoms with Crippen molar-refractivity contribution in [1.29, 1.82) is 0 Å². The van der Waals surface area contributed by atoms with E-state index in [0.29, 0.717) is 12.0 Å². The molecule has 0 aliphatic carbocycles. The Morgan fingerprint density at radius 1 is 1.16 bits per heavy atom. The lowest BCUT2D eigenvalue weighted by atomic mass is 9.88. The van der Waals surface area contributed by atoms with Crippen LogP contribution in [0.15, 0.2) is 18.2 Å². The lowest BCUT2D eigenvalue weighted by molar-refractivity contribution is 0.341. The van der Waals surface area contributed by atoms with Gasteiger partial charge < -0.3 is 10.1 Å². The topological polar surface area (TPSA) is 21.3 Å². The zero-order chi connectivity index (χ0) is 14.3. The number of rotatable bonds is 8. The summed E-state index contributed by atoms with van der Waals surface area (Å²) >= 11 is 0. The lowest BCUT2D eigenvalue weighted by Gasteiger charge is -2.27. The smallest absolute Gasteiger partial charge is 0.121 e. The van der Waals surface area contributed by atoms with Crippen molar-refractivity contribution in [1.82, 2.24) is 5.32 Å². The van der Waals surface area contributed by atoms with E-state index < -0.39 is 0 Å². The molecular formula is C17H29NO. The molecule has 1 N–H and O–H groups in total. The van der Waals surface area contributed by atoms with E-state index >= 15 is 0 Å². The molecule has 0 amide bonds. The molecule has 1 unspecified atom stereocenters. The number of hydrogen-bond donors (Lipinski definition) is 1. The molecular weight excluding hydrogens is 234 g/mol. The summed E-state index contributed by atoms with van der Waals surface area (Å²) in [7, 11) is 1.73. The van der Waals surface area contributed by atoms with Gasteiger partial charge in [-0.05, 0) is 43.0 Å². The van der Waals surface area contributed by atoms with E-state index in [-0.39, 0.29) is 0 Å². The van der Waals surface area contributed by atoms with Crippen LogP contribution in [0.2, 0.25) is 0 Å². The van der Waals surface area contributed by atoms with Gasteiger partial charge in [-0.25, -0.2) is 0 Å². The maximum atomic E-state index is 5.35. The van der Waals surface area contributed by atoms with Crippen LogP contribution in [0.4, 0.5) is 0 Å². The Balaban J connectivity index is 2.98. The molecule has 0 saturated heterocycles. The van der Waals surface area contributed by atoms with Crippen LogP contribution in [0.25, 0.3) is 0 Å². The van der Waals surface area contributed by atoms with Crippen molar-refractivity contribution < 1.29 is 4.74 Å². The molecule has 0 radical (unpaired) electrons. The SMILES string of the molecule is CCCNC(c1ccc(OC)c(C)c1)C(CC)CC. The normalized spacial score (nSPS) is 12.7. The highest BCUT2D eigenvalue weighted by molar-refractivity contribution is 5.37. The quantitative estimate of drug-likeness (QED) is 0.746. The molecule has 1 atom stereocenters. The second-order valence-electron chi connectivity index (χ2n) is 5.24. The third-order valence-electron chi connectivity index (χ3n) is 3.91. The summed E-state index contributed by atoms with van der Waals surface area (Å²) in [5, 5.41) is 3.71. The minimum absolute atomic E-state index is 0.458. The number of aryl methyl sites for hydroxylation is 1. The van der Waals surface area contributed by atoms with Crippen molar-refractivity contribution in [3.63, 3.8) is 0 Å². The number of benzene rings is 1. The molecule has 0 bridgehead atoms. The maximum absolute atomic E-state index is 5.35. The van der Waals surface area contributed by atoms with Gasteiger partial charge in [0.05, 0.1) is 7.11 Å². The molecule has 2 heteroatoms. The van der Waals surface area contributed by atoms with Crippen LogP contribution < -0.4 is 10.1 Å². The predicted molar refractivity (Wildman–Crippen MR) is 82.8 cm³/mol. The zero-order valence-corrected chi connectivity index (χ0v) is 13.1. The van der Waals surface area contributed by atoms with Crippen molar-refractivity contribution in [3.8, 4) is 5.75 Å². The molecule has 0 aliphatic rings. The first-order chi connectivity index (χ1) is 9.17. The Labute approximate surface area is 118 Å². The van der Waals surface area contributed by atoms with Gasteiger partial charge in [-0.2, -0.15) is 0 Å². The van der Waals surface area contributed by atoms with Crippen LogP contribution in [0.5, 0.6) is 5.75 Å². The first-order valence-corrected chi connectivity index (χ1v) is 7.55. The van der Waals surface area contributed by atoms with E-state index in [1.807, 2.05) is 0 Å². The zero-order valence-electron chi connectivity index (χ0n) is 13.1. The molecule has 1 rings (SSSR count). The second kappa shape index (κ2) is 8.21. The third-order valence-corrected chi connectivity index (χ3v) is 3.91.